The molecule has 0 saturated heterocycles. The highest BCUT2D eigenvalue weighted by molar-refractivity contribution is 5.68. The Hall–Kier alpha value is -1.50. The maximum absolute atomic E-state index is 11.5. The number of amides is 2. The predicted molar refractivity (Wildman–Crippen MR) is 78.7 cm³/mol. The first kappa shape index (κ1) is 17.6. The van der Waals surface area contributed by atoms with E-state index in [2.05, 4.69) is 16.2 Å². The minimum absolute atomic E-state index is 0.0674. The van der Waals surface area contributed by atoms with Crippen LogP contribution in [-0.4, -0.2) is 35.5 Å². The average molecular weight is 301 g/mol. The van der Waals surface area contributed by atoms with Crippen LogP contribution in [0.1, 0.15) is 54.4 Å². The molecule has 0 aliphatic heterocycles. The summed E-state index contributed by atoms with van der Waals surface area (Å²) in [5.41, 5.74) is 4.36. The number of hydrazine groups is 1. The van der Waals surface area contributed by atoms with Crippen molar-refractivity contribution in [1.82, 2.24) is 16.2 Å². The predicted octanol–water partition coefficient (Wildman–Crippen LogP) is 2.07. The Balaban J connectivity index is 2.14. The number of carbonyl (C=O) groups is 2. The molecule has 7 nitrogen and oxygen atoms in total. The lowest BCUT2D eigenvalue weighted by molar-refractivity contribution is 0.0408. The van der Waals surface area contributed by atoms with E-state index in [1.807, 2.05) is 20.8 Å². The molecule has 0 spiro atoms. The smallest absolute Gasteiger partial charge is 0.422 e. The summed E-state index contributed by atoms with van der Waals surface area (Å²) in [6.45, 7) is 10.9. The summed E-state index contributed by atoms with van der Waals surface area (Å²) in [5, 5.41) is 2.78. The van der Waals surface area contributed by atoms with Gasteiger partial charge in [0.25, 0.3) is 0 Å². The minimum atomic E-state index is -0.522. The summed E-state index contributed by atoms with van der Waals surface area (Å²) < 4.78 is 10.3. The van der Waals surface area contributed by atoms with Crippen molar-refractivity contribution in [3.05, 3.63) is 0 Å². The summed E-state index contributed by atoms with van der Waals surface area (Å²) >= 11 is 0. The van der Waals surface area contributed by atoms with Crippen molar-refractivity contribution in [3.63, 3.8) is 0 Å². The first-order valence-corrected chi connectivity index (χ1v) is 7.19. The highest BCUT2D eigenvalue weighted by Gasteiger charge is 2.32. The summed E-state index contributed by atoms with van der Waals surface area (Å²) in [4.78, 5) is 23.0. The van der Waals surface area contributed by atoms with E-state index in [1.54, 1.807) is 20.8 Å². The third-order valence-electron chi connectivity index (χ3n) is 2.64. The molecule has 0 bridgehead atoms. The van der Waals surface area contributed by atoms with Crippen LogP contribution in [0.25, 0.3) is 0 Å². The van der Waals surface area contributed by atoms with Gasteiger partial charge in [-0.1, -0.05) is 0 Å². The Morgan fingerprint density at radius 2 is 1.33 bits per heavy atom. The van der Waals surface area contributed by atoms with E-state index in [0.717, 1.165) is 12.8 Å². The van der Waals surface area contributed by atoms with Crippen LogP contribution in [0.5, 0.6) is 0 Å². The molecule has 0 aromatic heterocycles. The van der Waals surface area contributed by atoms with Crippen molar-refractivity contribution in [2.45, 2.75) is 77.7 Å². The molecule has 1 rings (SSSR count). The minimum Gasteiger partial charge on any atom is -0.444 e. The second-order valence-electron chi connectivity index (χ2n) is 7.28. The van der Waals surface area contributed by atoms with Crippen LogP contribution >= 0.6 is 0 Å². The van der Waals surface area contributed by atoms with Gasteiger partial charge in [0.15, 0.2) is 0 Å². The second kappa shape index (κ2) is 6.51. The number of carbonyl (C=O) groups excluding carboxylic acids is 2. The molecule has 1 aliphatic carbocycles. The van der Waals surface area contributed by atoms with Crippen molar-refractivity contribution < 1.29 is 19.1 Å². The first-order valence-electron chi connectivity index (χ1n) is 7.19. The van der Waals surface area contributed by atoms with Crippen LogP contribution in [0.2, 0.25) is 0 Å². The first-order chi connectivity index (χ1) is 9.44. The lowest BCUT2D eigenvalue weighted by atomic mass is 9.87. The number of ether oxygens (including phenoxy) is 2. The molecule has 0 atom stereocenters. The van der Waals surface area contributed by atoms with Crippen LogP contribution in [0.4, 0.5) is 9.59 Å². The molecular weight excluding hydrogens is 274 g/mol. The Morgan fingerprint density at radius 1 is 0.857 bits per heavy atom. The van der Waals surface area contributed by atoms with Crippen LogP contribution < -0.4 is 16.2 Å². The van der Waals surface area contributed by atoms with Crippen LogP contribution in [-0.2, 0) is 9.47 Å². The van der Waals surface area contributed by atoms with Gasteiger partial charge in [0, 0.05) is 12.1 Å². The molecular formula is C14H27N3O4. The molecule has 1 saturated carbocycles. The van der Waals surface area contributed by atoms with Crippen molar-refractivity contribution >= 4 is 12.2 Å². The van der Waals surface area contributed by atoms with E-state index in [0.29, 0.717) is 0 Å². The standard InChI is InChI=1S/C14H27N3O4/c1-13(2,3)20-11(18)15-9-7-10(8-9)16-17-12(19)21-14(4,5)6/h9-10,16H,7-8H2,1-6H3,(H,15,18)(H,17,19). The van der Waals surface area contributed by atoms with E-state index in [-0.39, 0.29) is 12.1 Å². The van der Waals surface area contributed by atoms with Crippen LogP contribution in [0.15, 0.2) is 0 Å². The zero-order chi connectivity index (χ0) is 16.3. The fourth-order valence-electron chi connectivity index (χ4n) is 1.79. The highest BCUT2D eigenvalue weighted by atomic mass is 16.6. The lowest BCUT2D eigenvalue weighted by Gasteiger charge is -2.36. The molecule has 7 heteroatoms. The van der Waals surface area contributed by atoms with E-state index < -0.39 is 23.4 Å². The number of nitrogens with one attached hydrogen (secondary N) is 3. The summed E-state index contributed by atoms with van der Waals surface area (Å²) in [5.74, 6) is 0. The molecule has 2 amide bonds. The van der Waals surface area contributed by atoms with Crippen molar-refractivity contribution in [2.24, 2.45) is 0 Å². The summed E-state index contributed by atoms with van der Waals surface area (Å²) in [7, 11) is 0. The van der Waals surface area contributed by atoms with Crippen LogP contribution in [0.3, 0.4) is 0 Å². The fraction of sp³-hybridized carbons (Fsp3) is 0.857. The number of hydrogen-bond donors (Lipinski definition) is 3. The molecule has 0 aromatic rings. The van der Waals surface area contributed by atoms with Crippen LogP contribution in [0, 0.1) is 0 Å². The van der Waals surface area contributed by atoms with Gasteiger partial charge >= 0.3 is 12.2 Å². The third-order valence-corrected chi connectivity index (χ3v) is 2.64. The maximum Gasteiger partial charge on any atom is 0.422 e. The quantitative estimate of drug-likeness (QED) is 0.694. The molecule has 0 radical (unpaired) electrons. The van der Waals surface area contributed by atoms with Crippen molar-refractivity contribution in [3.8, 4) is 0 Å². The molecule has 1 fully saturated rings. The number of rotatable bonds is 3. The second-order valence-corrected chi connectivity index (χ2v) is 7.28. The summed E-state index contributed by atoms with van der Waals surface area (Å²) in [6.07, 6.45) is 0.543. The van der Waals surface area contributed by atoms with E-state index in [1.165, 1.54) is 0 Å². The normalized spacial score (nSPS) is 22.0. The maximum atomic E-state index is 11.5. The third kappa shape index (κ3) is 7.75. The van der Waals surface area contributed by atoms with Gasteiger partial charge in [-0.15, -0.1) is 0 Å². The molecule has 122 valence electrons. The van der Waals surface area contributed by atoms with Gasteiger partial charge in [-0.25, -0.2) is 15.0 Å². The van der Waals surface area contributed by atoms with Gasteiger partial charge in [0.2, 0.25) is 0 Å². The number of hydrogen-bond acceptors (Lipinski definition) is 5. The van der Waals surface area contributed by atoms with E-state index in [9.17, 15) is 9.59 Å². The Labute approximate surface area is 126 Å². The van der Waals surface area contributed by atoms with Gasteiger partial charge in [-0.2, -0.15) is 0 Å². The molecule has 0 heterocycles. The monoisotopic (exact) mass is 301 g/mol. The van der Waals surface area contributed by atoms with Crippen molar-refractivity contribution in [1.29, 1.82) is 0 Å². The molecule has 1 aliphatic rings. The lowest BCUT2D eigenvalue weighted by Crippen LogP contribution is -2.57. The number of alkyl carbamates (subject to hydrolysis) is 1. The van der Waals surface area contributed by atoms with Gasteiger partial charge in [-0.05, 0) is 54.4 Å². The molecule has 21 heavy (non-hydrogen) atoms. The largest absolute Gasteiger partial charge is 0.444 e. The zero-order valence-electron chi connectivity index (χ0n) is 13.7. The fourth-order valence-corrected chi connectivity index (χ4v) is 1.79. The van der Waals surface area contributed by atoms with Gasteiger partial charge in [0.05, 0.1) is 0 Å². The van der Waals surface area contributed by atoms with Crippen molar-refractivity contribution in [2.75, 3.05) is 0 Å². The van der Waals surface area contributed by atoms with Gasteiger partial charge in [-0.3, -0.25) is 5.43 Å². The summed E-state index contributed by atoms with van der Waals surface area (Å²) in [6, 6.07) is 0.190. The molecule has 0 unspecified atom stereocenters. The van der Waals surface area contributed by atoms with Gasteiger partial charge < -0.3 is 14.8 Å². The highest BCUT2D eigenvalue weighted by Crippen LogP contribution is 2.20. The molecule has 0 aromatic carbocycles. The van der Waals surface area contributed by atoms with E-state index >= 15 is 0 Å². The van der Waals surface area contributed by atoms with Gasteiger partial charge in [0.1, 0.15) is 11.2 Å². The SMILES string of the molecule is CC(C)(C)OC(=O)NNC1CC(NC(=O)OC(C)(C)C)C1. The topological polar surface area (TPSA) is 88.7 Å². The Morgan fingerprint density at radius 3 is 1.81 bits per heavy atom. The average Bonchev–Trinajstić information content (AvgIpc) is 2.15. The zero-order valence-corrected chi connectivity index (χ0v) is 13.7. The Bertz CT molecular complexity index is 379. The molecule has 3 N–H and O–H groups in total. The van der Waals surface area contributed by atoms with E-state index in [4.69, 9.17) is 9.47 Å². The Kier molecular flexibility index (Phi) is 5.44.